The molecule has 1 aromatic carbocycles. The number of amides is 1. The summed E-state index contributed by atoms with van der Waals surface area (Å²) in [5, 5.41) is 9.36. The van der Waals surface area contributed by atoms with Crippen LogP contribution >= 0.6 is 11.6 Å². The summed E-state index contributed by atoms with van der Waals surface area (Å²) in [6.07, 6.45) is 2.03. The van der Waals surface area contributed by atoms with Gasteiger partial charge in [-0.3, -0.25) is 4.79 Å². The Morgan fingerprint density at radius 3 is 2.74 bits per heavy atom. The normalized spacial score (nSPS) is 34.4. The molecular formula is C15H18ClNO2. The first kappa shape index (κ1) is 12.9. The van der Waals surface area contributed by atoms with Crippen molar-refractivity contribution in [3.63, 3.8) is 0 Å². The highest BCUT2D eigenvalue weighted by atomic mass is 35.5. The lowest BCUT2D eigenvalue weighted by atomic mass is 9.77. The Kier molecular flexibility index (Phi) is 3.50. The van der Waals surface area contributed by atoms with E-state index in [4.69, 9.17) is 11.6 Å². The minimum Gasteiger partial charge on any atom is -0.393 e. The Bertz CT molecular complexity index is 464. The highest BCUT2D eigenvalue weighted by Crippen LogP contribution is 2.38. The van der Waals surface area contributed by atoms with E-state index in [1.165, 1.54) is 0 Å². The summed E-state index contributed by atoms with van der Waals surface area (Å²) in [4.78, 5) is 14.3. The average molecular weight is 280 g/mol. The van der Waals surface area contributed by atoms with Crippen LogP contribution in [-0.2, 0) is 11.3 Å². The summed E-state index contributed by atoms with van der Waals surface area (Å²) in [6.45, 7) is 0.621. The van der Waals surface area contributed by atoms with Gasteiger partial charge in [0.2, 0.25) is 5.91 Å². The Hall–Kier alpha value is -1.06. The van der Waals surface area contributed by atoms with E-state index in [-0.39, 0.29) is 17.9 Å². The molecule has 0 radical (unpaired) electrons. The molecule has 1 saturated heterocycles. The van der Waals surface area contributed by atoms with E-state index in [0.717, 1.165) is 24.8 Å². The molecule has 0 spiro atoms. The van der Waals surface area contributed by atoms with Crippen molar-refractivity contribution in [1.29, 1.82) is 0 Å². The van der Waals surface area contributed by atoms with Crippen LogP contribution < -0.4 is 0 Å². The lowest BCUT2D eigenvalue weighted by Gasteiger charge is -2.47. The zero-order valence-corrected chi connectivity index (χ0v) is 11.5. The van der Waals surface area contributed by atoms with Crippen molar-refractivity contribution in [3.8, 4) is 0 Å². The van der Waals surface area contributed by atoms with Gasteiger partial charge in [-0.1, -0.05) is 30.3 Å². The molecule has 2 bridgehead atoms. The summed E-state index contributed by atoms with van der Waals surface area (Å²) in [5.41, 5.74) is 1.13. The van der Waals surface area contributed by atoms with Gasteiger partial charge in [0.25, 0.3) is 0 Å². The fraction of sp³-hybridized carbons (Fsp3) is 0.533. The number of fused-ring (bicyclic) bond motifs is 2. The second kappa shape index (κ2) is 5.14. The Balaban J connectivity index is 1.80. The van der Waals surface area contributed by atoms with Gasteiger partial charge in [0.15, 0.2) is 0 Å². The van der Waals surface area contributed by atoms with Gasteiger partial charge in [0, 0.05) is 18.5 Å². The van der Waals surface area contributed by atoms with Crippen molar-refractivity contribution in [1.82, 2.24) is 4.90 Å². The van der Waals surface area contributed by atoms with E-state index < -0.39 is 11.5 Å². The number of hydrogen-bond donors (Lipinski definition) is 1. The molecule has 1 N–H and O–H groups in total. The average Bonchev–Trinajstić information content (AvgIpc) is 2.44. The Morgan fingerprint density at radius 2 is 2.00 bits per heavy atom. The SMILES string of the molecule is O=C1[C@@H](Cl)[C@H]2C[C@H](CC[C@@H]2O)N1Cc1ccccc1. The van der Waals surface area contributed by atoms with Crippen molar-refractivity contribution in [3.05, 3.63) is 35.9 Å². The molecule has 1 aliphatic carbocycles. The second-order valence-electron chi connectivity index (χ2n) is 5.55. The van der Waals surface area contributed by atoms with Crippen LogP contribution in [0.5, 0.6) is 0 Å². The van der Waals surface area contributed by atoms with Gasteiger partial charge < -0.3 is 10.0 Å². The quantitative estimate of drug-likeness (QED) is 0.843. The number of aliphatic hydroxyl groups excluding tert-OH is 1. The summed E-state index contributed by atoms with van der Waals surface area (Å²) >= 11 is 6.24. The first-order valence-corrected chi connectivity index (χ1v) is 7.27. The van der Waals surface area contributed by atoms with Crippen molar-refractivity contribution in [2.75, 3.05) is 0 Å². The number of hydrogen-bond acceptors (Lipinski definition) is 2. The molecule has 1 amide bonds. The monoisotopic (exact) mass is 279 g/mol. The number of aliphatic hydroxyl groups is 1. The van der Waals surface area contributed by atoms with E-state index in [1.54, 1.807) is 0 Å². The van der Waals surface area contributed by atoms with Gasteiger partial charge in [-0.25, -0.2) is 0 Å². The number of halogens is 1. The summed E-state index contributed by atoms with van der Waals surface area (Å²) < 4.78 is 0. The van der Waals surface area contributed by atoms with Gasteiger partial charge in [0.05, 0.1) is 6.10 Å². The predicted molar refractivity (Wildman–Crippen MR) is 73.8 cm³/mol. The van der Waals surface area contributed by atoms with Crippen molar-refractivity contribution >= 4 is 17.5 Å². The van der Waals surface area contributed by atoms with Gasteiger partial charge >= 0.3 is 0 Å². The largest absolute Gasteiger partial charge is 0.393 e. The minimum atomic E-state index is -0.574. The number of carbonyl (C=O) groups excluding carboxylic acids is 1. The van der Waals surface area contributed by atoms with Gasteiger partial charge in [-0.2, -0.15) is 0 Å². The van der Waals surface area contributed by atoms with Crippen LogP contribution in [-0.4, -0.2) is 33.4 Å². The Morgan fingerprint density at radius 1 is 1.26 bits per heavy atom. The molecule has 4 heteroatoms. The fourth-order valence-corrected chi connectivity index (χ4v) is 3.67. The molecule has 1 aromatic rings. The zero-order valence-electron chi connectivity index (χ0n) is 10.7. The molecule has 0 aromatic heterocycles. The van der Waals surface area contributed by atoms with Gasteiger partial charge in [-0.15, -0.1) is 11.6 Å². The van der Waals surface area contributed by atoms with Crippen LogP contribution in [0.1, 0.15) is 24.8 Å². The first-order chi connectivity index (χ1) is 9.16. The smallest absolute Gasteiger partial charge is 0.241 e. The van der Waals surface area contributed by atoms with E-state index in [0.29, 0.717) is 6.54 Å². The third-order valence-electron chi connectivity index (χ3n) is 4.37. The second-order valence-corrected chi connectivity index (χ2v) is 6.02. The maximum atomic E-state index is 12.4. The molecule has 3 nitrogen and oxygen atoms in total. The number of benzene rings is 1. The third kappa shape index (κ3) is 2.37. The lowest BCUT2D eigenvalue weighted by molar-refractivity contribution is -0.144. The van der Waals surface area contributed by atoms with Crippen LogP contribution in [0.25, 0.3) is 0 Å². The minimum absolute atomic E-state index is 0.0227. The summed E-state index contributed by atoms with van der Waals surface area (Å²) in [6, 6.07) is 10.2. The predicted octanol–water partition coefficient (Wildman–Crippen LogP) is 2.17. The maximum Gasteiger partial charge on any atom is 0.241 e. The number of nitrogens with zero attached hydrogens (tertiary/aromatic N) is 1. The lowest BCUT2D eigenvalue weighted by Crippen LogP contribution is -2.57. The number of rotatable bonds is 2. The third-order valence-corrected chi connectivity index (χ3v) is 4.88. The highest BCUT2D eigenvalue weighted by Gasteiger charge is 2.46. The van der Waals surface area contributed by atoms with Crippen LogP contribution in [0.4, 0.5) is 0 Å². The van der Waals surface area contributed by atoms with E-state index in [2.05, 4.69) is 0 Å². The number of alkyl halides is 1. The number of piperidine rings is 1. The number of carbonyl (C=O) groups is 1. The van der Waals surface area contributed by atoms with Crippen LogP contribution in [0.15, 0.2) is 30.3 Å². The molecule has 1 saturated carbocycles. The van der Waals surface area contributed by atoms with Crippen LogP contribution in [0, 0.1) is 5.92 Å². The molecule has 2 fully saturated rings. The topological polar surface area (TPSA) is 40.5 Å². The van der Waals surface area contributed by atoms with Crippen molar-refractivity contribution < 1.29 is 9.90 Å². The molecule has 102 valence electrons. The van der Waals surface area contributed by atoms with Crippen molar-refractivity contribution in [2.24, 2.45) is 5.92 Å². The molecule has 2 aliphatic rings. The zero-order chi connectivity index (χ0) is 13.4. The first-order valence-electron chi connectivity index (χ1n) is 6.83. The van der Waals surface area contributed by atoms with Crippen LogP contribution in [0.3, 0.4) is 0 Å². The van der Waals surface area contributed by atoms with Gasteiger partial charge in [0.1, 0.15) is 5.38 Å². The molecule has 3 rings (SSSR count). The molecule has 4 atom stereocenters. The standard InChI is InChI=1S/C15H18ClNO2/c16-14-12-8-11(6-7-13(12)18)17(15(14)19)9-10-4-2-1-3-5-10/h1-5,11-14,18H,6-9H2/t11-,12-,13-,14-/m0/s1. The summed E-state index contributed by atoms with van der Waals surface area (Å²) in [5.74, 6) is -0.0922. The molecular weight excluding hydrogens is 262 g/mol. The Labute approximate surface area is 118 Å². The van der Waals surface area contributed by atoms with E-state index in [1.807, 2.05) is 35.2 Å². The van der Waals surface area contributed by atoms with E-state index in [9.17, 15) is 9.90 Å². The van der Waals surface area contributed by atoms with Crippen LogP contribution in [0.2, 0.25) is 0 Å². The molecule has 19 heavy (non-hydrogen) atoms. The molecule has 0 unspecified atom stereocenters. The van der Waals surface area contributed by atoms with Gasteiger partial charge in [-0.05, 0) is 24.8 Å². The summed E-state index contributed by atoms with van der Waals surface area (Å²) in [7, 11) is 0. The molecule has 1 heterocycles. The fourth-order valence-electron chi connectivity index (χ4n) is 3.27. The van der Waals surface area contributed by atoms with Crippen molar-refractivity contribution in [2.45, 2.75) is 43.3 Å². The van der Waals surface area contributed by atoms with E-state index >= 15 is 0 Å². The maximum absolute atomic E-state index is 12.4. The molecule has 1 aliphatic heterocycles. The highest BCUT2D eigenvalue weighted by molar-refractivity contribution is 6.31. The number of likely N-dealkylation sites (tertiary alicyclic amines) is 1.